The number of fused-ring (bicyclic) bond motifs is 2. The third-order valence-corrected chi connectivity index (χ3v) is 3.37. The van der Waals surface area contributed by atoms with E-state index in [9.17, 15) is 5.11 Å². The van der Waals surface area contributed by atoms with Gasteiger partial charge in [-0.2, -0.15) is 0 Å². The highest BCUT2D eigenvalue weighted by Crippen LogP contribution is 2.42. The van der Waals surface area contributed by atoms with Gasteiger partial charge in [-0.15, -0.1) is 0 Å². The van der Waals surface area contributed by atoms with Crippen molar-refractivity contribution in [3.8, 4) is 17.1 Å². The van der Waals surface area contributed by atoms with Gasteiger partial charge in [-0.1, -0.05) is 24.3 Å². The normalized spacial score (nSPS) is 11.4. The highest BCUT2D eigenvalue weighted by atomic mass is 16.3. The molecule has 0 saturated carbocycles. The molecule has 0 spiro atoms. The van der Waals surface area contributed by atoms with Crippen LogP contribution in [0.5, 0.6) is 5.75 Å². The van der Waals surface area contributed by atoms with Gasteiger partial charge in [0, 0.05) is 10.8 Å². The molecule has 0 aliphatic heterocycles. The molecular formula is C16H10O3. The molecule has 2 aromatic carbocycles. The summed E-state index contributed by atoms with van der Waals surface area (Å²) < 4.78 is 11.0. The van der Waals surface area contributed by atoms with E-state index in [0.29, 0.717) is 11.0 Å². The van der Waals surface area contributed by atoms with Crippen LogP contribution in [0.4, 0.5) is 0 Å². The number of aromatic hydroxyl groups is 1. The van der Waals surface area contributed by atoms with Gasteiger partial charge >= 0.3 is 0 Å². The van der Waals surface area contributed by atoms with E-state index in [1.165, 1.54) is 0 Å². The van der Waals surface area contributed by atoms with Crippen molar-refractivity contribution in [3.05, 3.63) is 55.0 Å². The lowest BCUT2D eigenvalue weighted by atomic mass is 9.99. The first-order chi connectivity index (χ1) is 9.36. The number of furan rings is 2. The summed E-state index contributed by atoms with van der Waals surface area (Å²) >= 11 is 0. The highest BCUT2D eigenvalue weighted by molar-refractivity contribution is 6.14. The Balaban J connectivity index is 2.30. The summed E-state index contributed by atoms with van der Waals surface area (Å²) in [6.07, 6.45) is 3.21. The van der Waals surface area contributed by atoms with E-state index in [1.807, 2.05) is 36.4 Å². The fourth-order valence-electron chi connectivity index (χ4n) is 2.53. The van der Waals surface area contributed by atoms with Crippen molar-refractivity contribution in [2.45, 2.75) is 0 Å². The quantitative estimate of drug-likeness (QED) is 0.539. The van der Waals surface area contributed by atoms with Gasteiger partial charge in [-0.05, 0) is 18.2 Å². The molecule has 3 nitrogen and oxygen atoms in total. The summed E-state index contributed by atoms with van der Waals surface area (Å²) in [6, 6.07) is 13.2. The molecule has 2 aromatic heterocycles. The molecule has 0 aliphatic rings. The first-order valence-corrected chi connectivity index (χ1v) is 6.01. The van der Waals surface area contributed by atoms with E-state index in [0.717, 1.165) is 22.1 Å². The Kier molecular flexibility index (Phi) is 1.97. The second-order valence-electron chi connectivity index (χ2n) is 4.41. The van der Waals surface area contributed by atoms with Crippen LogP contribution in [0.1, 0.15) is 0 Å². The molecule has 0 amide bonds. The van der Waals surface area contributed by atoms with Crippen LogP contribution in [0.25, 0.3) is 33.1 Å². The molecule has 1 N–H and O–H groups in total. The Labute approximate surface area is 108 Å². The van der Waals surface area contributed by atoms with Crippen LogP contribution in [0, 0.1) is 0 Å². The summed E-state index contributed by atoms with van der Waals surface area (Å²) in [5.74, 6) is 0.978. The Morgan fingerprint density at radius 3 is 2.37 bits per heavy atom. The lowest BCUT2D eigenvalue weighted by molar-refractivity contribution is 0.487. The molecular weight excluding hydrogens is 240 g/mol. The molecule has 4 rings (SSSR count). The number of phenolic OH excluding ortho intramolecular Hbond substituents is 1. The molecule has 0 fully saturated rings. The lowest BCUT2D eigenvalue weighted by Gasteiger charge is -2.07. The maximum absolute atomic E-state index is 10.3. The molecule has 4 aromatic rings. The molecule has 2 heterocycles. The van der Waals surface area contributed by atoms with Gasteiger partial charge in [0.2, 0.25) is 0 Å². The van der Waals surface area contributed by atoms with Crippen molar-refractivity contribution in [2.24, 2.45) is 0 Å². The van der Waals surface area contributed by atoms with Crippen LogP contribution in [0.2, 0.25) is 0 Å². The van der Waals surface area contributed by atoms with Gasteiger partial charge in [-0.25, -0.2) is 0 Å². The van der Waals surface area contributed by atoms with Gasteiger partial charge in [0.25, 0.3) is 0 Å². The van der Waals surface area contributed by atoms with Gasteiger partial charge in [0.15, 0.2) is 0 Å². The Morgan fingerprint density at radius 1 is 0.737 bits per heavy atom. The van der Waals surface area contributed by atoms with Gasteiger partial charge in [0.05, 0.1) is 23.5 Å². The summed E-state index contributed by atoms with van der Waals surface area (Å²) in [4.78, 5) is 0. The zero-order valence-corrected chi connectivity index (χ0v) is 9.96. The molecule has 0 radical (unpaired) electrons. The average Bonchev–Trinajstić information content (AvgIpc) is 3.10. The van der Waals surface area contributed by atoms with E-state index in [2.05, 4.69) is 0 Å². The van der Waals surface area contributed by atoms with E-state index in [1.54, 1.807) is 18.6 Å². The molecule has 92 valence electrons. The van der Waals surface area contributed by atoms with Crippen LogP contribution in [-0.4, -0.2) is 5.11 Å². The minimum Gasteiger partial charge on any atom is -0.507 e. The zero-order valence-electron chi connectivity index (χ0n) is 9.96. The Morgan fingerprint density at radius 2 is 1.58 bits per heavy atom. The summed E-state index contributed by atoms with van der Waals surface area (Å²) in [6.45, 7) is 0. The van der Waals surface area contributed by atoms with Crippen molar-refractivity contribution >= 4 is 21.7 Å². The van der Waals surface area contributed by atoms with E-state index in [-0.39, 0.29) is 5.75 Å². The highest BCUT2D eigenvalue weighted by Gasteiger charge is 2.18. The summed E-state index contributed by atoms with van der Waals surface area (Å²) in [5, 5.41) is 12.7. The third kappa shape index (κ3) is 1.32. The van der Waals surface area contributed by atoms with Gasteiger partial charge in [0.1, 0.15) is 17.1 Å². The molecule has 0 unspecified atom stereocenters. The maximum Gasteiger partial charge on any atom is 0.149 e. The van der Waals surface area contributed by atoms with Crippen molar-refractivity contribution in [2.75, 3.05) is 0 Å². The van der Waals surface area contributed by atoms with Crippen molar-refractivity contribution in [1.82, 2.24) is 0 Å². The largest absolute Gasteiger partial charge is 0.507 e. The molecule has 0 saturated heterocycles. The number of hydrogen-bond acceptors (Lipinski definition) is 3. The van der Waals surface area contributed by atoms with Crippen molar-refractivity contribution < 1.29 is 13.9 Å². The molecule has 0 aliphatic carbocycles. The van der Waals surface area contributed by atoms with E-state index in [4.69, 9.17) is 8.83 Å². The molecule has 0 bridgehead atoms. The zero-order chi connectivity index (χ0) is 12.8. The van der Waals surface area contributed by atoms with Crippen LogP contribution < -0.4 is 0 Å². The van der Waals surface area contributed by atoms with Crippen LogP contribution in [0.15, 0.2) is 63.8 Å². The summed E-state index contributed by atoms with van der Waals surface area (Å²) in [5.41, 5.74) is 1.52. The number of phenols is 1. The predicted molar refractivity (Wildman–Crippen MR) is 73.1 cm³/mol. The summed E-state index contributed by atoms with van der Waals surface area (Å²) in [7, 11) is 0. The molecule has 3 heteroatoms. The number of hydrogen-bond donors (Lipinski definition) is 1. The van der Waals surface area contributed by atoms with Gasteiger partial charge in [-0.3, -0.25) is 0 Å². The first-order valence-electron chi connectivity index (χ1n) is 6.01. The van der Waals surface area contributed by atoms with Crippen molar-refractivity contribution in [1.29, 1.82) is 0 Å². The molecule has 0 atom stereocenters. The maximum atomic E-state index is 10.3. The number of benzene rings is 2. The van der Waals surface area contributed by atoms with E-state index < -0.39 is 0 Å². The smallest absolute Gasteiger partial charge is 0.149 e. The minimum atomic E-state index is 0.245. The predicted octanol–water partition coefficient (Wildman–Crippen LogP) is 4.55. The van der Waals surface area contributed by atoms with Crippen LogP contribution in [0.3, 0.4) is 0 Å². The second-order valence-corrected chi connectivity index (χ2v) is 4.41. The van der Waals surface area contributed by atoms with E-state index >= 15 is 0 Å². The second kappa shape index (κ2) is 3.65. The lowest BCUT2D eigenvalue weighted by Crippen LogP contribution is -1.82. The topological polar surface area (TPSA) is 46.5 Å². The van der Waals surface area contributed by atoms with Crippen LogP contribution >= 0.6 is 0 Å². The van der Waals surface area contributed by atoms with Crippen molar-refractivity contribution in [3.63, 3.8) is 0 Å². The monoisotopic (exact) mass is 250 g/mol. The first kappa shape index (κ1) is 10.3. The number of rotatable bonds is 1. The molecule has 19 heavy (non-hydrogen) atoms. The fourth-order valence-corrected chi connectivity index (χ4v) is 2.53. The Hall–Kier alpha value is -2.68. The van der Waals surface area contributed by atoms with Crippen LogP contribution in [-0.2, 0) is 0 Å². The average molecular weight is 250 g/mol. The SMILES string of the molecule is Oc1c2ccccc2c(-c2ccco2)c2occc12. The minimum absolute atomic E-state index is 0.245. The van der Waals surface area contributed by atoms with Gasteiger partial charge < -0.3 is 13.9 Å². The fraction of sp³-hybridized carbons (Fsp3) is 0. The standard InChI is InChI=1S/C16H10O3/c17-15-11-5-2-1-4-10(11)14(13-6-3-8-18-13)16-12(15)7-9-19-16/h1-9,17H. The Bertz CT molecular complexity index is 870. The third-order valence-electron chi connectivity index (χ3n) is 3.37.